The fourth-order valence-electron chi connectivity index (χ4n) is 5.09. The van der Waals surface area contributed by atoms with Gasteiger partial charge in [-0.15, -0.1) is 53.6 Å². The van der Waals surface area contributed by atoms with Crippen molar-refractivity contribution in [3.8, 4) is 44.2 Å². The normalized spacial score (nSPS) is 10.8. The summed E-state index contributed by atoms with van der Waals surface area (Å²) >= 11 is 1.73. The second kappa shape index (κ2) is 15.3. The molecule has 46 heavy (non-hydrogen) atoms. The molecule has 0 amide bonds. The van der Waals surface area contributed by atoms with E-state index in [1.165, 1.54) is 22.3 Å². The van der Waals surface area contributed by atoms with Gasteiger partial charge in [0.2, 0.25) is 0 Å². The molecule has 0 aliphatic heterocycles. The van der Waals surface area contributed by atoms with Gasteiger partial charge in [0.05, 0.1) is 0 Å². The third kappa shape index (κ3) is 7.74. The minimum Gasteiger partial charge on any atom is -0.305 e. The summed E-state index contributed by atoms with van der Waals surface area (Å²) in [4.78, 5) is 13.9. The van der Waals surface area contributed by atoms with E-state index in [1.807, 2.05) is 54.7 Å². The van der Waals surface area contributed by atoms with Gasteiger partial charge in [-0.1, -0.05) is 112 Å². The minimum absolute atomic E-state index is 0. The topological polar surface area (TPSA) is 38.7 Å². The molecule has 0 fully saturated rings. The fraction of sp³-hybridized carbons (Fsp3) is 0.146. The van der Waals surface area contributed by atoms with Crippen LogP contribution >= 0.6 is 11.3 Å². The summed E-state index contributed by atoms with van der Waals surface area (Å²) in [7, 11) is 0. The Balaban J connectivity index is 0.000000269. The quantitative estimate of drug-likeness (QED) is 0.157. The van der Waals surface area contributed by atoms with Crippen LogP contribution in [0.3, 0.4) is 0 Å². The Labute approximate surface area is 289 Å². The first kappa shape index (κ1) is 33.1. The van der Waals surface area contributed by atoms with Gasteiger partial charge < -0.3 is 9.97 Å². The standard InChI is InChI=1S/C30H27N2S.C11H8N.Ir/c1-19(2)21-10-12-22(13-11-21)26-16-25(27-17-24(20(3)4)14-15-31-27)18-28-29(26)33-30(32-28)23-8-6-5-7-9-23;1-2-6-10(7-3-1)11-8-4-5-9-12-11;/h5-17,19-20H,1-4H3;1-6,8-9H;/q2*-1;. The Morgan fingerprint density at radius 3 is 2.00 bits per heavy atom. The van der Waals surface area contributed by atoms with Crippen LogP contribution in [0, 0.1) is 12.1 Å². The van der Waals surface area contributed by atoms with Crippen molar-refractivity contribution in [1.82, 2.24) is 15.0 Å². The number of aromatic nitrogens is 3. The van der Waals surface area contributed by atoms with Crippen LogP contribution in [0.25, 0.3) is 54.4 Å². The van der Waals surface area contributed by atoms with E-state index in [9.17, 15) is 0 Å². The van der Waals surface area contributed by atoms with Gasteiger partial charge in [0, 0.05) is 38.1 Å². The van der Waals surface area contributed by atoms with Gasteiger partial charge in [0.15, 0.2) is 0 Å². The van der Waals surface area contributed by atoms with Crippen LogP contribution in [0.5, 0.6) is 0 Å². The molecule has 7 aromatic rings. The maximum absolute atomic E-state index is 4.99. The van der Waals surface area contributed by atoms with Crippen LogP contribution in [0.15, 0.2) is 128 Å². The number of hydrogen-bond donors (Lipinski definition) is 0. The Morgan fingerprint density at radius 2 is 1.33 bits per heavy atom. The molecule has 0 aliphatic rings. The van der Waals surface area contributed by atoms with Crippen molar-refractivity contribution in [2.24, 2.45) is 0 Å². The fourth-order valence-corrected chi connectivity index (χ4v) is 6.16. The summed E-state index contributed by atoms with van der Waals surface area (Å²) in [5.74, 6) is 0.956. The minimum atomic E-state index is 0. The van der Waals surface area contributed by atoms with Crippen LogP contribution in [-0.2, 0) is 20.1 Å². The van der Waals surface area contributed by atoms with Crippen molar-refractivity contribution in [1.29, 1.82) is 0 Å². The molecule has 7 rings (SSSR count). The van der Waals surface area contributed by atoms with Crippen LogP contribution < -0.4 is 0 Å². The summed E-state index contributed by atoms with van der Waals surface area (Å²) in [5, 5.41) is 1.02. The number of nitrogens with zero attached hydrogens (tertiary/aromatic N) is 3. The number of rotatable bonds is 6. The van der Waals surface area contributed by atoms with E-state index < -0.39 is 0 Å². The summed E-state index contributed by atoms with van der Waals surface area (Å²) in [5.41, 5.74) is 11.0. The zero-order valence-electron chi connectivity index (χ0n) is 26.4. The van der Waals surface area contributed by atoms with Crippen LogP contribution in [0.1, 0.15) is 50.7 Å². The maximum atomic E-state index is 4.99. The van der Waals surface area contributed by atoms with Crippen LogP contribution in [0.4, 0.5) is 0 Å². The molecule has 5 heteroatoms. The van der Waals surface area contributed by atoms with Crippen molar-refractivity contribution in [2.75, 3.05) is 0 Å². The molecule has 0 unspecified atom stereocenters. The number of thiazole rings is 1. The summed E-state index contributed by atoms with van der Waals surface area (Å²) < 4.78 is 1.16. The molecule has 0 saturated carbocycles. The smallest absolute Gasteiger partial charge is 0.113 e. The predicted molar refractivity (Wildman–Crippen MR) is 189 cm³/mol. The van der Waals surface area contributed by atoms with Gasteiger partial charge in [-0.25, -0.2) is 0 Å². The largest absolute Gasteiger partial charge is 0.305 e. The van der Waals surface area contributed by atoms with Crippen molar-refractivity contribution < 1.29 is 20.1 Å². The molecule has 1 radical (unpaired) electrons. The molecule has 3 heterocycles. The first-order valence-corrected chi connectivity index (χ1v) is 16.1. The van der Waals surface area contributed by atoms with Crippen molar-refractivity contribution in [3.05, 3.63) is 151 Å². The van der Waals surface area contributed by atoms with Gasteiger partial charge in [-0.05, 0) is 56.7 Å². The van der Waals surface area contributed by atoms with Crippen LogP contribution in [0.2, 0.25) is 0 Å². The molecule has 0 bridgehead atoms. The van der Waals surface area contributed by atoms with Gasteiger partial charge in [0.25, 0.3) is 0 Å². The molecule has 3 nitrogen and oxygen atoms in total. The third-order valence-electron chi connectivity index (χ3n) is 7.70. The Morgan fingerprint density at radius 1 is 0.609 bits per heavy atom. The van der Waals surface area contributed by atoms with E-state index in [0.717, 1.165) is 43.3 Å². The van der Waals surface area contributed by atoms with E-state index in [0.29, 0.717) is 11.8 Å². The van der Waals surface area contributed by atoms with Crippen molar-refractivity contribution >= 4 is 21.6 Å². The molecule has 0 saturated heterocycles. The summed E-state index contributed by atoms with van der Waals surface area (Å²) in [6.07, 6.45) is 3.69. The molecule has 4 aromatic carbocycles. The molecule has 3 aromatic heterocycles. The first-order valence-electron chi connectivity index (χ1n) is 15.3. The summed E-state index contributed by atoms with van der Waals surface area (Å²) in [6, 6.07) is 46.2. The van der Waals surface area contributed by atoms with E-state index in [-0.39, 0.29) is 20.1 Å². The Bertz CT molecular complexity index is 1950. The zero-order valence-corrected chi connectivity index (χ0v) is 29.6. The predicted octanol–water partition coefficient (Wildman–Crippen LogP) is 11.3. The van der Waals surface area contributed by atoms with E-state index in [1.54, 1.807) is 17.5 Å². The maximum Gasteiger partial charge on any atom is 0.113 e. The Kier molecular flexibility index (Phi) is 11.0. The third-order valence-corrected chi connectivity index (χ3v) is 8.84. The molecular formula is C41H35IrN3S-2. The number of benzene rings is 4. The first-order chi connectivity index (χ1) is 22.0. The Hall–Kier alpha value is -4.28. The van der Waals surface area contributed by atoms with E-state index in [4.69, 9.17) is 4.98 Å². The molecule has 0 atom stereocenters. The van der Waals surface area contributed by atoms with Crippen molar-refractivity contribution in [3.63, 3.8) is 0 Å². The number of pyridine rings is 2. The van der Waals surface area contributed by atoms with Gasteiger partial charge in [-0.2, -0.15) is 11.3 Å². The average Bonchev–Trinajstić information content (AvgIpc) is 3.54. The molecular weight excluding hydrogens is 759 g/mol. The van der Waals surface area contributed by atoms with Gasteiger partial charge in [-0.3, -0.25) is 4.98 Å². The molecule has 0 N–H and O–H groups in total. The SMILES string of the molecule is CC(C)c1ccc(-c2cc(-c3cc(C(C)C)ccn3)[c-]c3nc(-c4ccccc4)sc23)cc1.[Ir].[c-]1ccccc1-c1ccccn1. The second-order valence-corrected chi connectivity index (χ2v) is 12.6. The molecule has 0 aliphatic carbocycles. The average molecular weight is 794 g/mol. The van der Waals surface area contributed by atoms with Crippen LogP contribution in [-0.4, -0.2) is 15.0 Å². The van der Waals surface area contributed by atoms with E-state index in [2.05, 4.69) is 117 Å². The van der Waals surface area contributed by atoms with E-state index >= 15 is 0 Å². The zero-order chi connectivity index (χ0) is 31.2. The monoisotopic (exact) mass is 794 g/mol. The molecule has 0 spiro atoms. The van der Waals surface area contributed by atoms with Gasteiger partial charge in [0.1, 0.15) is 5.01 Å². The second-order valence-electron chi connectivity index (χ2n) is 11.6. The summed E-state index contributed by atoms with van der Waals surface area (Å²) in [6.45, 7) is 8.87. The number of fused-ring (bicyclic) bond motifs is 1. The van der Waals surface area contributed by atoms with Gasteiger partial charge >= 0.3 is 0 Å². The van der Waals surface area contributed by atoms with Crippen molar-refractivity contribution in [2.45, 2.75) is 39.5 Å². The molecule has 231 valence electrons. The number of hydrogen-bond acceptors (Lipinski definition) is 4.